The van der Waals surface area contributed by atoms with Gasteiger partial charge in [-0.1, -0.05) is 78.9 Å². The quantitative estimate of drug-likeness (QED) is 0.199. The van der Waals surface area contributed by atoms with Gasteiger partial charge in [-0.25, -0.2) is 4.39 Å². The largest absolute Gasteiger partial charge is 0.488 e. The number of carbonyl (C=O) groups excluding carboxylic acids is 1. The van der Waals surface area contributed by atoms with Gasteiger partial charge >= 0.3 is 0 Å². The Morgan fingerprint density at radius 2 is 1.54 bits per heavy atom. The van der Waals surface area contributed by atoms with Crippen molar-refractivity contribution in [2.45, 2.75) is 13.5 Å². The Balaban J connectivity index is 1.54. The highest BCUT2D eigenvalue weighted by Gasteiger charge is 2.16. The summed E-state index contributed by atoms with van der Waals surface area (Å²) in [6, 6.07) is 31.6. The number of nitrogens with zero attached hydrogens (tertiary/aromatic N) is 1. The Kier molecular flexibility index (Phi) is 6.65. The van der Waals surface area contributed by atoms with Gasteiger partial charge in [-0.15, -0.1) is 0 Å². The molecule has 0 spiro atoms. The summed E-state index contributed by atoms with van der Waals surface area (Å²) in [7, 11) is 0. The smallest absolute Gasteiger partial charge is 0.266 e. The van der Waals surface area contributed by atoms with Gasteiger partial charge in [0.2, 0.25) is 0 Å². The number of hydrogen-bond acceptors (Lipinski definition) is 3. The number of benzene rings is 5. The van der Waals surface area contributed by atoms with Crippen LogP contribution >= 0.6 is 0 Å². The Labute approximate surface area is 214 Å². The van der Waals surface area contributed by atoms with E-state index in [1.54, 1.807) is 6.07 Å². The van der Waals surface area contributed by atoms with Crippen LogP contribution in [0, 0.1) is 24.1 Å². The lowest BCUT2D eigenvalue weighted by Gasteiger charge is -2.15. The fourth-order valence-corrected chi connectivity index (χ4v) is 4.38. The zero-order chi connectivity index (χ0) is 25.8. The van der Waals surface area contributed by atoms with Crippen molar-refractivity contribution in [3.05, 3.63) is 125 Å². The number of ether oxygens (including phenoxy) is 1. The molecule has 0 aliphatic heterocycles. The van der Waals surface area contributed by atoms with Crippen LogP contribution in [0.5, 0.6) is 5.75 Å². The van der Waals surface area contributed by atoms with E-state index >= 15 is 0 Å². The summed E-state index contributed by atoms with van der Waals surface area (Å²) >= 11 is 0. The molecule has 0 radical (unpaired) electrons. The van der Waals surface area contributed by atoms with E-state index in [0.717, 1.165) is 32.7 Å². The number of nitrogens with one attached hydrogen (secondary N) is 1. The highest BCUT2D eigenvalue weighted by molar-refractivity contribution is 6.11. The number of hydrogen-bond donors (Lipinski definition) is 1. The number of nitriles is 1. The van der Waals surface area contributed by atoms with Crippen LogP contribution in [-0.2, 0) is 11.4 Å². The molecule has 0 unspecified atom stereocenters. The standard InChI is InChI=1S/C32H23FN2O2/c1-21-14-15-22-8-3-5-11-26(22)28(21)20-37-31-17-16-23-9-2-4-10-25(23)27(31)18-24(19-34)32(36)35-30-13-7-6-12-29(30)33/h2-18H,20H2,1H3,(H,35,36)/b24-18+. The molecule has 0 bridgehead atoms. The lowest BCUT2D eigenvalue weighted by Crippen LogP contribution is -2.14. The van der Waals surface area contributed by atoms with Gasteiger partial charge in [0.25, 0.3) is 5.91 Å². The first-order valence-electron chi connectivity index (χ1n) is 11.8. The van der Waals surface area contributed by atoms with Crippen molar-refractivity contribution in [2.24, 2.45) is 0 Å². The topological polar surface area (TPSA) is 62.1 Å². The van der Waals surface area contributed by atoms with Crippen LogP contribution in [0.3, 0.4) is 0 Å². The molecule has 5 rings (SSSR count). The molecule has 0 aromatic heterocycles. The number of rotatable bonds is 6. The van der Waals surface area contributed by atoms with Crippen molar-refractivity contribution >= 4 is 39.2 Å². The number of fused-ring (bicyclic) bond motifs is 2. The summed E-state index contributed by atoms with van der Waals surface area (Å²) in [5.41, 5.74) is 2.63. The van der Waals surface area contributed by atoms with Crippen molar-refractivity contribution in [3.63, 3.8) is 0 Å². The Morgan fingerprint density at radius 1 is 0.892 bits per heavy atom. The number of anilines is 1. The molecule has 1 amide bonds. The minimum atomic E-state index is -0.698. The third-order valence-electron chi connectivity index (χ3n) is 6.35. The van der Waals surface area contributed by atoms with Gasteiger partial charge in [-0.3, -0.25) is 4.79 Å². The molecule has 1 N–H and O–H groups in total. The van der Waals surface area contributed by atoms with Crippen LogP contribution < -0.4 is 10.1 Å². The van der Waals surface area contributed by atoms with E-state index in [9.17, 15) is 14.4 Å². The monoisotopic (exact) mass is 486 g/mol. The molecule has 0 saturated carbocycles. The van der Waals surface area contributed by atoms with E-state index in [2.05, 4.69) is 29.6 Å². The van der Waals surface area contributed by atoms with Gasteiger partial charge in [-0.2, -0.15) is 5.26 Å². The second-order valence-corrected chi connectivity index (χ2v) is 8.67. The van der Waals surface area contributed by atoms with Gasteiger partial charge in [0.1, 0.15) is 29.8 Å². The summed E-state index contributed by atoms with van der Waals surface area (Å²) in [6.07, 6.45) is 1.50. The zero-order valence-electron chi connectivity index (χ0n) is 20.2. The third-order valence-corrected chi connectivity index (χ3v) is 6.35. The molecular formula is C32H23FN2O2. The first-order valence-corrected chi connectivity index (χ1v) is 11.8. The lowest BCUT2D eigenvalue weighted by molar-refractivity contribution is -0.112. The third kappa shape index (κ3) is 4.91. The lowest BCUT2D eigenvalue weighted by atomic mass is 9.99. The van der Waals surface area contributed by atoms with Gasteiger partial charge in [-0.05, 0) is 58.3 Å². The van der Waals surface area contributed by atoms with Crippen molar-refractivity contribution in [1.82, 2.24) is 0 Å². The van der Waals surface area contributed by atoms with E-state index in [0.29, 0.717) is 17.9 Å². The van der Waals surface area contributed by atoms with E-state index in [1.165, 1.54) is 24.3 Å². The van der Waals surface area contributed by atoms with Gasteiger partial charge < -0.3 is 10.1 Å². The van der Waals surface area contributed by atoms with E-state index in [1.807, 2.05) is 61.5 Å². The average Bonchev–Trinajstić information content (AvgIpc) is 2.92. The molecule has 4 nitrogen and oxygen atoms in total. The molecule has 5 aromatic rings. The molecule has 0 aliphatic rings. The summed E-state index contributed by atoms with van der Waals surface area (Å²) in [5, 5.41) is 16.3. The Bertz CT molecular complexity index is 1720. The SMILES string of the molecule is Cc1ccc2ccccc2c1COc1ccc2ccccc2c1/C=C(\C#N)C(=O)Nc1ccccc1F. The van der Waals surface area contributed by atoms with Crippen LogP contribution in [0.2, 0.25) is 0 Å². The fraction of sp³-hybridized carbons (Fsp3) is 0.0625. The van der Waals surface area contributed by atoms with Crippen LogP contribution in [0.15, 0.2) is 103 Å². The fourth-order valence-electron chi connectivity index (χ4n) is 4.38. The summed E-state index contributed by atoms with van der Waals surface area (Å²) < 4.78 is 20.4. The minimum Gasteiger partial charge on any atom is -0.488 e. The van der Waals surface area contributed by atoms with Gasteiger partial charge in [0.05, 0.1) is 5.69 Å². The van der Waals surface area contributed by atoms with Crippen LogP contribution in [0.4, 0.5) is 10.1 Å². The number of para-hydroxylation sites is 1. The molecule has 5 heteroatoms. The molecule has 0 atom stereocenters. The van der Waals surface area contributed by atoms with Crippen molar-refractivity contribution in [1.29, 1.82) is 5.26 Å². The summed E-state index contributed by atoms with van der Waals surface area (Å²) in [5.74, 6) is -0.735. The normalized spacial score (nSPS) is 11.3. The molecule has 0 fully saturated rings. The predicted molar refractivity (Wildman–Crippen MR) is 146 cm³/mol. The van der Waals surface area contributed by atoms with Crippen LogP contribution in [-0.4, -0.2) is 5.91 Å². The second-order valence-electron chi connectivity index (χ2n) is 8.67. The van der Waals surface area contributed by atoms with E-state index in [-0.39, 0.29) is 11.3 Å². The molecule has 37 heavy (non-hydrogen) atoms. The first-order chi connectivity index (χ1) is 18.0. The highest BCUT2D eigenvalue weighted by atomic mass is 19.1. The number of amides is 1. The average molecular weight is 487 g/mol. The molecule has 0 heterocycles. The molecule has 180 valence electrons. The number of carbonyl (C=O) groups is 1. The molecule has 5 aromatic carbocycles. The van der Waals surface area contributed by atoms with E-state index < -0.39 is 11.7 Å². The highest BCUT2D eigenvalue weighted by Crippen LogP contribution is 2.32. The maximum Gasteiger partial charge on any atom is 0.266 e. The Morgan fingerprint density at radius 3 is 2.30 bits per heavy atom. The minimum absolute atomic E-state index is 0.00877. The van der Waals surface area contributed by atoms with Crippen LogP contribution in [0.25, 0.3) is 27.6 Å². The maximum absolute atomic E-state index is 14.1. The van der Waals surface area contributed by atoms with E-state index in [4.69, 9.17) is 4.74 Å². The van der Waals surface area contributed by atoms with Crippen molar-refractivity contribution < 1.29 is 13.9 Å². The predicted octanol–water partition coefficient (Wildman–Crippen LogP) is 7.57. The Hall–Kier alpha value is -4.95. The summed E-state index contributed by atoms with van der Waals surface area (Å²) in [4.78, 5) is 12.9. The number of aryl methyl sites for hydroxylation is 1. The first kappa shape index (κ1) is 23.8. The van der Waals surface area contributed by atoms with Gasteiger partial charge in [0.15, 0.2) is 0 Å². The van der Waals surface area contributed by atoms with Crippen molar-refractivity contribution in [2.75, 3.05) is 5.32 Å². The molecular weight excluding hydrogens is 463 g/mol. The maximum atomic E-state index is 14.1. The second kappa shape index (κ2) is 10.3. The van der Waals surface area contributed by atoms with Gasteiger partial charge in [0, 0.05) is 11.1 Å². The summed E-state index contributed by atoms with van der Waals surface area (Å²) in [6.45, 7) is 2.36. The molecule has 0 aliphatic carbocycles. The van der Waals surface area contributed by atoms with Crippen LogP contribution in [0.1, 0.15) is 16.7 Å². The van der Waals surface area contributed by atoms with Crippen molar-refractivity contribution in [3.8, 4) is 11.8 Å². The molecule has 0 saturated heterocycles. The number of halogens is 1. The zero-order valence-corrected chi connectivity index (χ0v) is 20.2.